The molecule has 1 aliphatic rings. The van der Waals surface area contributed by atoms with Gasteiger partial charge in [0.25, 0.3) is 5.91 Å². The quantitative estimate of drug-likeness (QED) is 0.687. The van der Waals surface area contributed by atoms with Crippen molar-refractivity contribution in [2.75, 3.05) is 13.2 Å². The van der Waals surface area contributed by atoms with Crippen LogP contribution in [0, 0.1) is 11.7 Å². The lowest BCUT2D eigenvalue weighted by Gasteiger charge is -2.16. The number of carbonyl (C=O) groups excluding carboxylic acids is 1. The van der Waals surface area contributed by atoms with E-state index in [1.54, 1.807) is 37.3 Å². The summed E-state index contributed by atoms with van der Waals surface area (Å²) < 4.78 is 24.8. The molecule has 7 heteroatoms. The van der Waals surface area contributed by atoms with Gasteiger partial charge in [0.15, 0.2) is 18.2 Å². The van der Waals surface area contributed by atoms with E-state index in [1.165, 1.54) is 12.1 Å². The molecular weight excluding hydrogens is 365 g/mol. The second-order valence-electron chi connectivity index (χ2n) is 6.85. The van der Waals surface area contributed by atoms with Crippen molar-refractivity contribution in [1.29, 1.82) is 0 Å². The zero-order chi connectivity index (χ0) is 20.1. The lowest BCUT2D eigenvalue weighted by molar-refractivity contribution is -0.139. The van der Waals surface area contributed by atoms with Gasteiger partial charge in [-0.05, 0) is 61.6 Å². The Morgan fingerprint density at radius 3 is 2.68 bits per heavy atom. The Balaban J connectivity index is 1.61. The van der Waals surface area contributed by atoms with Gasteiger partial charge in [0.2, 0.25) is 0 Å². The Kier molecular flexibility index (Phi) is 6.13. The summed E-state index contributed by atoms with van der Waals surface area (Å²) in [5.41, 5.74) is 0.933. The minimum atomic E-state index is -1.10. The molecule has 1 fully saturated rings. The zero-order valence-corrected chi connectivity index (χ0v) is 15.5. The summed E-state index contributed by atoms with van der Waals surface area (Å²) in [4.78, 5) is 23.0. The second kappa shape index (κ2) is 8.73. The number of aliphatic carboxylic acids is 1. The van der Waals surface area contributed by atoms with Gasteiger partial charge < -0.3 is 19.9 Å². The molecule has 0 heterocycles. The summed E-state index contributed by atoms with van der Waals surface area (Å²) in [7, 11) is 0. The van der Waals surface area contributed by atoms with Gasteiger partial charge in [-0.2, -0.15) is 0 Å². The number of carboxylic acids is 1. The molecule has 1 unspecified atom stereocenters. The number of amides is 1. The van der Waals surface area contributed by atoms with Gasteiger partial charge in [-0.1, -0.05) is 12.1 Å². The molecule has 1 atom stereocenters. The van der Waals surface area contributed by atoms with Crippen LogP contribution in [-0.4, -0.2) is 30.2 Å². The van der Waals surface area contributed by atoms with Gasteiger partial charge in [0.05, 0.1) is 12.6 Å². The smallest absolute Gasteiger partial charge is 0.341 e. The number of hydrogen-bond acceptors (Lipinski definition) is 4. The number of carboxylic acid groups (broad SMARTS) is 1. The monoisotopic (exact) mass is 387 g/mol. The fraction of sp³-hybridized carbons (Fsp3) is 0.333. The number of ether oxygens (including phenoxy) is 2. The highest BCUT2D eigenvalue weighted by Crippen LogP contribution is 2.30. The molecule has 2 aromatic carbocycles. The summed E-state index contributed by atoms with van der Waals surface area (Å²) in [6, 6.07) is 10.5. The number of nitrogens with one attached hydrogen (secondary N) is 1. The minimum Gasteiger partial charge on any atom is -0.490 e. The highest BCUT2D eigenvalue weighted by molar-refractivity contribution is 5.94. The fourth-order valence-corrected chi connectivity index (χ4v) is 2.63. The third kappa shape index (κ3) is 5.45. The molecule has 1 aliphatic carbocycles. The van der Waals surface area contributed by atoms with E-state index in [0.717, 1.165) is 12.8 Å². The van der Waals surface area contributed by atoms with Crippen LogP contribution < -0.4 is 14.8 Å². The van der Waals surface area contributed by atoms with Crippen LogP contribution in [0.1, 0.15) is 41.7 Å². The van der Waals surface area contributed by atoms with E-state index >= 15 is 0 Å². The topological polar surface area (TPSA) is 84.9 Å². The van der Waals surface area contributed by atoms with Gasteiger partial charge in [0.1, 0.15) is 5.75 Å². The molecule has 0 bridgehead atoms. The van der Waals surface area contributed by atoms with E-state index in [-0.39, 0.29) is 17.4 Å². The Labute approximate surface area is 162 Å². The molecule has 1 saturated carbocycles. The molecule has 6 nitrogen and oxygen atoms in total. The summed E-state index contributed by atoms with van der Waals surface area (Å²) in [6.45, 7) is 1.79. The van der Waals surface area contributed by atoms with Crippen molar-refractivity contribution in [3.05, 3.63) is 59.4 Å². The van der Waals surface area contributed by atoms with E-state index in [2.05, 4.69) is 5.32 Å². The number of hydrogen-bond donors (Lipinski definition) is 2. The fourth-order valence-electron chi connectivity index (χ4n) is 2.63. The predicted octanol–water partition coefficient (Wildman–Crippen LogP) is 3.57. The van der Waals surface area contributed by atoms with Crippen molar-refractivity contribution >= 4 is 11.9 Å². The van der Waals surface area contributed by atoms with Gasteiger partial charge >= 0.3 is 5.97 Å². The van der Waals surface area contributed by atoms with Crippen molar-refractivity contribution in [1.82, 2.24) is 5.32 Å². The largest absolute Gasteiger partial charge is 0.490 e. The molecule has 3 rings (SSSR count). The molecular formula is C21H22FNO5. The molecule has 0 spiro atoms. The van der Waals surface area contributed by atoms with Crippen molar-refractivity contribution in [2.24, 2.45) is 5.92 Å². The van der Waals surface area contributed by atoms with Crippen LogP contribution in [0.25, 0.3) is 0 Å². The number of rotatable bonds is 9. The van der Waals surface area contributed by atoms with Crippen molar-refractivity contribution in [3.8, 4) is 11.5 Å². The summed E-state index contributed by atoms with van der Waals surface area (Å²) in [5, 5.41) is 11.5. The summed E-state index contributed by atoms with van der Waals surface area (Å²) in [5.74, 6) is -0.892. The van der Waals surface area contributed by atoms with Crippen LogP contribution in [0.3, 0.4) is 0 Å². The predicted molar refractivity (Wildman–Crippen MR) is 100 cm³/mol. The first-order chi connectivity index (χ1) is 13.4. The maximum absolute atomic E-state index is 14.2. The first-order valence-electron chi connectivity index (χ1n) is 9.10. The van der Waals surface area contributed by atoms with Crippen molar-refractivity contribution in [2.45, 2.75) is 25.8 Å². The molecule has 2 N–H and O–H groups in total. The zero-order valence-electron chi connectivity index (χ0n) is 15.5. The van der Waals surface area contributed by atoms with Gasteiger partial charge in [-0.3, -0.25) is 4.79 Å². The first kappa shape index (κ1) is 19.7. The maximum atomic E-state index is 14.2. The van der Waals surface area contributed by atoms with E-state index in [1.807, 2.05) is 0 Å². The molecule has 148 valence electrons. The normalized spacial score (nSPS) is 14.2. The molecule has 0 saturated heterocycles. The first-order valence-corrected chi connectivity index (χ1v) is 9.10. The summed E-state index contributed by atoms with van der Waals surface area (Å²) >= 11 is 0. The van der Waals surface area contributed by atoms with Crippen LogP contribution >= 0.6 is 0 Å². The van der Waals surface area contributed by atoms with E-state index in [9.17, 15) is 14.0 Å². The lowest BCUT2D eigenvalue weighted by Crippen LogP contribution is -2.26. The highest BCUT2D eigenvalue weighted by atomic mass is 19.1. The Bertz CT molecular complexity index is 866. The molecule has 0 aliphatic heterocycles. The molecule has 2 aromatic rings. The summed E-state index contributed by atoms with van der Waals surface area (Å²) in [6.07, 6.45) is 2.26. The molecule has 0 radical (unpaired) electrons. The van der Waals surface area contributed by atoms with Crippen LogP contribution in [0.5, 0.6) is 11.5 Å². The average Bonchev–Trinajstić information content (AvgIpc) is 3.50. The Morgan fingerprint density at radius 1 is 1.21 bits per heavy atom. The van der Waals surface area contributed by atoms with Crippen LogP contribution in [0.2, 0.25) is 0 Å². The van der Waals surface area contributed by atoms with Gasteiger partial charge in [-0.15, -0.1) is 0 Å². The van der Waals surface area contributed by atoms with E-state index < -0.39 is 24.4 Å². The molecule has 0 aromatic heterocycles. The highest BCUT2D eigenvalue weighted by Gasteiger charge is 2.22. The van der Waals surface area contributed by atoms with Crippen LogP contribution in [0.4, 0.5) is 4.39 Å². The van der Waals surface area contributed by atoms with Crippen molar-refractivity contribution in [3.63, 3.8) is 0 Å². The number of benzene rings is 2. The minimum absolute atomic E-state index is 0.220. The van der Waals surface area contributed by atoms with E-state index in [0.29, 0.717) is 23.7 Å². The van der Waals surface area contributed by atoms with E-state index in [4.69, 9.17) is 14.6 Å². The SMILES string of the molecule is CC(NC(=O)c1cccc(OCC(=O)O)c1)c1ccc(OCC2CC2)c(F)c1. The van der Waals surface area contributed by atoms with Crippen molar-refractivity contribution < 1.29 is 28.6 Å². The second-order valence-corrected chi connectivity index (χ2v) is 6.85. The van der Waals surface area contributed by atoms with Gasteiger partial charge in [0, 0.05) is 5.56 Å². The van der Waals surface area contributed by atoms with Crippen LogP contribution in [-0.2, 0) is 4.79 Å². The Morgan fingerprint density at radius 2 is 2.00 bits per heavy atom. The number of halogens is 1. The van der Waals surface area contributed by atoms with Gasteiger partial charge in [-0.25, -0.2) is 9.18 Å². The molecule has 1 amide bonds. The average molecular weight is 387 g/mol. The third-order valence-corrected chi connectivity index (χ3v) is 4.43. The molecule has 28 heavy (non-hydrogen) atoms. The van der Waals surface area contributed by atoms with Crippen LogP contribution in [0.15, 0.2) is 42.5 Å². The Hall–Kier alpha value is -3.09. The standard InChI is InChI=1S/C21H22FNO5/c1-13(15-7-8-19(18(22)10-15)28-11-14-5-6-14)23-21(26)16-3-2-4-17(9-16)27-12-20(24)25/h2-4,7-10,13-14H,5-6,11-12H2,1H3,(H,23,26)(H,24,25). The third-order valence-electron chi connectivity index (χ3n) is 4.43. The maximum Gasteiger partial charge on any atom is 0.341 e. The number of carbonyl (C=O) groups is 2. The lowest BCUT2D eigenvalue weighted by atomic mass is 10.1.